The van der Waals surface area contributed by atoms with Crippen LogP contribution < -0.4 is 0 Å². The second-order valence-corrected chi connectivity index (χ2v) is 2.77. The predicted octanol–water partition coefficient (Wildman–Crippen LogP) is 1.02. The Bertz CT molecular complexity index is 201. The van der Waals surface area contributed by atoms with Gasteiger partial charge in [-0.05, 0) is 0 Å². The molecule has 0 aliphatic carbocycles. The van der Waals surface area contributed by atoms with Crippen molar-refractivity contribution in [2.45, 2.75) is 6.18 Å². The predicted molar refractivity (Wildman–Crippen MR) is 39.8 cm³/mol. The molecule has 0 aromatic carbocycles. The second-order valence-electron chi connectivity index (χ2n) is 2.77. The number of hydrogen-bond donors (Lipinski definition) is 0. The van der Waals surface area contributed by atoms with E-state index in [2.05, 4.69) is 4.74 Å². The molecule has 0 aromatic heterocycles. The summed E-state index contributed by atoms with van der Waals surface area (Å²) in [6, 6.07) is 0. The van der Waals surface area contributed by atoms with Gasteiger partial charge >= 0.3 is 12.3 Å². The Morgan fingerprint density at radius 1 is 1.36 bits per heavy atom. The first kappa shape index (κ1) is 11.1. The summed E-state index contributed by atoms with van der Waals surface area (Å²) < 4.78 is 44.0. The maximum absolute atomic E-state index is 11.7. The third-order valence-electron chi connectivity index (χ3n) is 1.63. The van der Waals surface area contributed by atoms with Crippen LogP contribution in [0.15, 0.2) is 0 Å². The highest BCUT2D eigenvalue weighted by Gasteiger charge is 2.31. The maximum Gasteiger partial charge on any atom is 0.422 e. The monoisotopic (exact) mass is 213 g/mol. The lowest BCUT2D eigenvalue weighted by molar-refractivity contribution is -0.163. The van der Waals surface area contributed by atoms with Crippen molar-refractivity contribution in [3.8, 4) is 0 Å². The zero-order chi connectivity index (χ0) is 10.6. The van der Waals surface area contributed by atoms with Crippen molar-refractivity contribution in [3.63, 3.8) is 0 Å². The van der Waals surface area contributed by atoms with Crippen LogP contribution in [0.25, 0.3) is 0 Å². The number of nitrogens with zero attached hydrogens (tertiary/aromatic N) is 1. The molecule has 1 heterocycles. The molecule has 0 aromatic rings. The highest BCUT2D eigenvalue weighted by molar-refractivity contribution is 5.67. The molecule has 1 rings (SSSR count). The van der Waals surface area contributed by atoms with Crippen LogP contribution in [0.3, 0.4) is 0 Å². The first-order valence-electron chi connectivity index (χ1n) is 4.05. The molecule has 0 unspecified atom stereocenters. The van der Waals surface area contributed by atoms with Gasteiger partial charge < -0.3 is 14.4 Å². The summed E-state index contributed by atoms with van der Waals surface area (Å²) in [5.74, 6) is 0. The molecule has 0 bridgehead atoms. The minimum absolute atomic E-state index is 0.274. The fourth-order valence-electron chi connectivity index (χ4n) is 0.981. The van der Waals surface area contributed by atoms with Crippen molar-refractivity contribution < 1.29 is 27.4 Å². The molecule has 82 valence electrons. The first-order valence-corrected chi connectivity index (χ1v) is 4.05. The molecule has 0 spiro atoms. The molecule has 0 radical (unpaired) electrons. The molecule has 7 heteroatoms. The molecule has 4 nitrogen and oxygen atoms in total. The average molecular weight is 213 g/mol. The molecule has 14 heavy (non-hydrogen) atoms. The van der Waals surface area contributed by atoms with Crippen molar-refractivity contribution >= 4 is 6.09 Å². The normalized spacial score (nSPS) is 18.1. The number of hydrogen-bond acceptors (Lipinski definition) is 3. The van der Waals surface area contributed by atoms with Gasteiger partial charge in [-0.2, -0.15) is 13.2 Å². The molecule has 0 atom stereocenters. The van der Waals surface area contributed by atoms with Crippen LogP contribution in [0, 0.1) is 0 Å². The highest BCUT2D eigenvalue weighted by Crippen LogP contribution is 2.15. The summed E-state index contributed by atoms with van der Waals surface area (Å²) in [5.41, 5.74) is 0. The number of ether oxygens (including phenoxy) is 2. The van der Waals surface area contributed by atoms with Gasteiger partial charge in [0, 0.05) is 13.1 Å². The minimum Gasteiger partial charge on any atom is -0.440 e. The Kier molecular flexibility index (Phi) is 3.56. The molecule has 1 aliphatic heterocycles. The van der Waals surface area contributed by atoms with Crippen molar-refractivity contribution in [1.29, 1.82) is 0 Å². The van der Waals surface area contributed by atoms with Crippen molar-refractivity contribution in [3.05, 3.63) is 0 Å². The lowest BCUT2D eigenvalue weighted by atomic mass is 10.5. The van der Waals surface area contributed by atoms with Crippen LogP contribution in [-0.2, 0) is 9.47 Å². The van der Waals surface area contributed by atoms with Crippen molar-refractivity contribution in [2.75, 3.05) is 32.9 Å². The summed E-state index contributed by atoms with van der Waals surface area (Å²) >= 11 is 0. The van der Waals surface area contributed by atoms with Gasteiger partial charge in [0.15, 0.2) is 6.61 Å². The van der Waals surface area contributed by atoms with Gasteiger partial charge in [0.25, 0.3) is 0 Å². The van der Waals surface area contributed by atoms with E-state index in [1.807, 2.05) is 0 Å². The molecule has 1 aliphatic rings. The maximum atomic E-state index is 11.7. The lowest BCUT2D eigenvalue weighted by Crippen LogP contribution is -2.42. The summed E-state index contributed by atoms with van der Waals surface area (Å²) in [6.07, 6.45) is -5.41. The van der Waals surface area contributed by atoms with E-state index in [1.54, 1.807) is 0 Å². The number of rotatable bonds is 1. The fourth-order valence-corrected chi connectivity index (χ4v) is 0.981. The van der Waals surface area contributed by atoms with Crippen LogP contribution >= 0.6 is 0 Å². The lowest BCUT2D eigenvalue weighted by Gasteiger charge is -2.26. The van der Waals surface area contributed by atoms with E-state index in [0.717, 1.165) is 0 Å². The molecule has 0 saturated carbocycles. The van der Waals surface area contributed by atoms with E-state index in [1.165, 1.54) is 4.90 Å². The molecule has 0 N–H and O–H groups in total. The van der Waals surface area contributed by atoms with E-state index in [0.29, 0.717) is 13.2 Å². The van der Waals surface area contributed by atoms with Gasteiger partial charge in [-0.15, -0.1) is 0 Å². The summed E-state index contributed by atoms with van der Waals surface area (Å²) in [6.45, 7) is -0.321. The SMILES string of the molecule is O=C(OCC(F)(F)F)N1CCOCC1. The third-order valence-corrected chi connectivity index (χ3v) is 1.63. The number of halogens is 3. The fraction of sp³-hybridized carbons (Fsp3) is 0.857. The number of amides is 1. The molecular formula is C7H10F3NO3. The van der Waals surface area contributed by atoms with Crippen molar-refractivity contribution in [1.82, 2.24) is 4.90 Å². The van der Waals surface area contributed by atoms with Gasteiger partial charge in [0.05, 0.1) is 13.2 Å². The molecular weight excluding hydrogens is 203 g/mol. The highest BCUT2D eigenvalue weighted by atomic mass is 19.4. The molecule has 1 saturated heterocycles. The van der Waals surface area contributed by atoms with Crippen LogP contribution in [0.1, 0.15) is 0 Å². The van der Waals surface area contributed by atoms with Gasteiger partial charge in [-0.25, -0.2) is 4.79 Å². The number of morpholine rings is 1. The third kappa shape index (κ3) is 3.82. The van der Waals surface area contributed by atoms with Crippen LogP contribution in [0.2, 0.25) is 0 Å². The van der Waals surface area contributed by atoms with E-state index in [-0.39, 0.29) is 13.1 Å². The Labute approximate surface area is 78.6 Å². The minimum atomic E-state index is -4.47. The first-order chi connectivity index (χ1) is 6.49. The van der Waals surface area contributed by atoms with Gasteiger partial charge in [0.1, 0.15) is 0 Å². The largest absolute Gasteiger partial charge is 0.440 e. The number of alkyl halides is 3. The number of carbonyl (C=O) groups excluding carboxylic acids is 1. The zero-order valence-corrected chi connectivity index (χ0v) is 7.34. The van der Waals surface area contributed by atoms with Gasteiger partial charge in [-0.1, -0.05) is 0 Å². The van der Waals surface area contributed by atoms with Crippen molar-refractivity contribution in [2.24, 2.45) is 0 Å². The topological polar surface area (TPSA) is 38.8 Å². The van der Waals surface area contributed by atoms with Crippen LogP contribution in [0.4, 0.5) is 18.0 Å². The zero-order valence-electron chi connectivity index (χ0n) is 7.34. The Morgan fingerprint density at radius 2 is 1.93 bits per heavy atom. The Morgan fingerprint density at radius 3 is 2.43 bits per heavy atom. The van der Waals surface area contributed by atoms with Gasteiger partial charge in [-0.3, -0.25) is 0 Å². The summed E-state index contributed by atoms with van der Waals surface area (Å²) in [5, 5.41) is 0. The quantitative estimate of drug-likeness (QED) is 0.652. The van der Waals surface area contributed by atoms with E-state index in [9.17, 15) is 18.0 Å². The second kappa shape index (κ2) is 4.50. The standard InChI is InChI=1S/C7H10F3NO3/c8-7(9,10)5-14-6(12)11-1-3-13-4-2-11/h1-5H2. The van der Waals surface area contributed by atoms with E-state index < -0.39 is 18.9 Å². The number of carbonyl (C=O) groups is 1. The Balaban J connectivity index is 2.27. The smallest absolute Gasteiger partial charge is 0.422 e. The molecule has 1 fully saturated rings. The van der Waals surface area contributed by atoms with E-state index >= 15 is 0 Å². The van der Waals surface area contributed by atoms with Crippen LogP contribution in [0.5, 0.6) is 0 Å². The van der Waals surface area contributed by atoms with Crippen LogP contribution in [-0.4, -0.2) is 50.1 Å². The summed E-state index contributed by atoms with van der Waals surface area (Å²) in [4.78, 5) is 12.2. The molecule has 1 amide bonds. The summed E-state index contributed by atoms with van der Waals surface area (Å²) in [7, 11) is 0. The average Bonchev–Trinajstić information content (AvgIpc) is 2.14. The van der Waals surface area contributed by atoms with E-state index in [4.69, 9.17) is 4.74 Å². The van der Waals surface area contributed by atoms with Gasteiger partial charge in [0.2, 0.25) is 0 Å². The Hall–Kier alpha value is -0.980.